The lowest BCUT2D eigenvalue weighted by atomic mass is 10.1. The van der Waals surface area contributed by atoms with Gasteiger partial charge in [0.2, 0.25) is 0 Å². The minimum absolute atomic E-state index is 0.00869. The Morgan fingerprint density at radius 2 is 1.65 bits per heavy atom. The van der Waals surface area contributed by atoms with Crippen LogP contribution in [-0.4, -0.2) is 16.7 Å². The molecule has 0 amide bonds. The summed E-state index contributed by atoms with van der Waals surface area (Å²) in [6.45, 7) is 0.391. The third kappa shape index (κ3) is 3.12. The largest absolute Gasteiger partial charge is 0.477 e. The lowest BCUT2D eigenvalue weighted by molar-refractivity contribution is 0.386. The monoisotopic (exact) mass is 326 g/mol. The van der Waals surface area contributed by atoms with Crippen LogP contribution in [0, 0.1) is 0 Å². The van der Waals surface area contributed by atoms with Crippen molar-refractivity contribution >= 4 is 11.6 Å². The molecule has 2 aromatic carbocycles. The summed E-state index contributed by atoms with van der Waals surface area (Å²) in [5, 5.41) is 0.239. The van der Waals surface area contributed by atoms with E-state index in [4.69, 9.17) is 16.3 Å². The molecule has 3 aromatic rings. The zero-order valence-corrected chi connectivity index (χ0v) is 13.3. The molecule has 0 unspecified atom stereocenters. The molecule has 0 saturated heterocycles. The zero-order valence-electron chi connectivity index (χ0n) is 12.6. The van der Waals surface area contributed by atoms with Crippen molar-refractivity contribution in [2.45, 2.75) is 6.54 Å². The number of benzene rings is 2. The molecular weight excluding hydrogens is 312 g/mol. The van der Waals surface area contributed by atoms with Gasteiger partial charge in [0.15, 0.2) is 5.15 Å². The van der Waals surface area contributed by atoms with Crippen molar-refractivity contribution in [1.82, 2.24) is 9.55 Å². The molecule has 1 aromatic heterocycles. The molecule has 0 N–H and O–H groups in total. The van der Waals surface area contributed by atoms with Crippen LogP contribution in [0.3, 0.4) is 0 Å². The molecule has 0 bridgehead atoms. The Labute approximate surface area is 139 Å². The first-order chi connectivity index (χ1) is 11.2. The van der Waals surface area contributed by atoms with Gasteiger partial charge in [-0.15, -0.1) is 0 Å². The highest BCUT2D eigenvalue weighted by Crippen LogP contribution is 2.27. The van der Waals surface area contributed by atoms with Gasteiger partial charge in [-0.05, 0) is 5.56 Å². The molecule has 0 aliphatic rings. The minimum Gasteiger partial charge on any atom is -0.477 e. The van der Waals surface area contributed by atoms with Gasteiger partial charge in [0, 0.05) is 5.56 Å². The summed E-state index contributed by atoms with van der Waals surface area (Å²) >= 11 is 6.34. The molecule has 5 heteroatoms. The fourth-order valence-electron chi connectivity index (χ4n) is 2.44. The number of ether oxygens (including phenoxy) is 1. The van der Waals surface area contributed by atoms with Crippen molar-refractivity contribution < 1.29 is 4.74 Å². The predicted molar refractivity (Wildman–Crippen MR) is 91.0 cm³/mol. The summed E-state index contributed by atoms with van der Waals surface area (Å²) in [5.74, 6) is -0.00869. The normalized spacial score (nSPS) is 10.5. The van der Waals surface area contributed by atoms with Crippen molar-refractivity contribution in [3.63, 3.8) is 0 Å². The maximum absolute atomic E-state index is 12.7. The first-order valence-electron chi connectivity index (χ1n) is 7.14. The number of methoxy groups -OCH3 is 1. The van der Waals surface area contributed by atoms with Gasteiger partial charge in [0.25, 0.3) is 5.88 Å². The van der Waals surface area contributed by atoms with Crippen LogP contribution < -0.4 is 10.3 Å². The van der Waals surface area contributed by atoms with Crippen LogP contribution in [0.25, 0.3) is 11.3 Å². The standard InChI is InChI=1S/C18H15ClN2O2/c1-23-17-18(22)21(12-13-8-4-2-5-9-13)15(16(19)20-17)14-10-6-3-7-11-14/h2-11H,12H2,1H3. The van der Waals surface area contributed by atoms with Gasteiger partial charge in [0.05, 0.1) is 19.3 Å². The van der Waals surface area contributed by atoms with Crippen molar-refractivity contribution in [2.75, 3.05) is 7.11 Å². The SMILES string of the molecule is COc1nc(Cl)c(-c2ccccc2)n(Cc2ccccc2)c1=O. The van der Waals surface area contributed by atoms with Crippen LogP contribution in [-0.2, 0) is 6.54 Å². The third-order valence-corrected chi connectivity index (χ3v) is 3.78. The Morgan fingerprint density at radius 1 is 1.04 bits per heavy atom. The number of hydrogen-bond donors (Lipinski definition) is 0. The Morgan fingerprint density at radius 3 is 2.26 bits per heavy atom. The fourth-order valence-corrected chi connectivity index (χ4v) is 2.73. The summed E-state index contributed by atoms with van der Waals surface area (Å²) < 4.78 is 6.66. The molecule has 4 nitrogen and oxygen atoms in total. The van der Waals surface area contributed by atoms with Gasteiger partial charge in [-0.2, -0.15) is 4.98 Å². The van der Waals surface area contributed by atoms with Crippen LogP contribution >= 0.6 is 11.6 Å². The molecule has 1 heterocycles. The Bertz CT molecular complexity index is 861. The quantitative estimate of drug-likeness (QED) is 0.735. The van der Waals surface area contributed by atoms with Crippen molar-refractivity contribution in [3.05, 3.63) is 81.7 Å². The molecule has 3 rings (SSSR count). The second-order valence-electron chi connectivity index (χ2n) is 5.00. The smallest absolute Gasteiger partial charge is 0.314 e. The molecule has 0 atom stereocenters. The van der Waals surface area contributed by atoms with Crippen LogP contribution in [0.5, 0.6) is 5.88 Å². The van der Waals surface area contributed by atoms with Gasteiger partial charge < -0.3 is 4.74 Å². The van der Waals surface area contributed by atoms with E-state index in [1.165, 1.54) is 7.11 Å². The number of aromatic nitrogens is 2. The molecule has 0 aliphatic carbocycles. The van der Waals surface area contributed by atoms with Gasteiger partial charge in [-0.1, -0.05) is 72.3 Å². The average molecular weight is 327 g/mol. The minimum atomic E-state index is -0.306. The van der Waals surface area contributed by atoms with Crippen LogP contribution in [0.1, 0.15) is 5.56 Å². The molecular formula is C18H15ClN2O2. The van der Waals surface area contributed by atoms with E-state index in [0.717, 1.165) is 11.1 Å². The van der Waals surface area contributed by atoms with Crippen LogP contribution in [0.2, 0.25) is 5.15 Å². The first kappa shape index (κ1) is 15.3. The second-order valence-corrected chi connectivity index (χ2v) is 5.36. The lowest BCUT2D eigenvalue weighted by Gasteiger charge is -2.15. The number of rotatable bonds is 4. The Balaban J connectivity index is 2.22. The Hall–Kier alpha value is -2.59. The summed E-state index contributed by atoms with van der Waals surface area (Å²) in [6, 6.07) is 19.2. The van der Waals surface area contributed by atoms with Crippen molar-refractivity contribution in [2.24, 2.45) is 0 Å². The highest BCUT2D eigenvalue weighted by Gasteiger charge is 2.17. The third-order valence-electron chi connectivity index (χ3n) is 3.52. The summed E-state index contributed by atoms with van der Waals surface area (Å²) in [5.41, 5.74) is 2.11. The molecule has 116 valence electrons. The molecule has 0 spiro atoms. The molecule has 0 aliphatic heterocycles. The van der Waals surface area contributed by atoms with Gasteiger partial charge in [-0.3, -0.25) is 9.36 Å². The summed E-state index contributed by atoms with van der Waals surface area (Å²) in [7, 11) is 1.41. The molecule has 0 fully saturated rings. The maximum atomic E-state index is 12.7. The fraction of sp³-hybridized carbons (Fsp3) is 0.111. The van der Waals surface area contributed by atoms with Crippen molar-refractivity contribution in [3.8, 4) is 17.1 Å². The molecule has 23 heavy (non-hydrogen) atoms. The van der Waals surface area contributed by atoms with Gasteiger partial charge in [0.1, 0.15) is 0 Å². The number of hydrogen-bond acceptors (Lipinski definition) is 3. The topological polar surface area (TPSA) is 44.1 Å². The number of nitrogens with zero attached hydrogens (tertiary/aromatic N) is 2. The summed E-state index contributed by atoms with van der Waals surface area (Å²) in [4.78, 5) is 16.7. The lowest BCUT2D eigenvalue weighted by Crippen LogP contribution is -2.25. The molecule has 0 radical (unpaired) electrons. The van der Waals surface area contributed by atoms with E-state index in [-0.39, 0.29) is 16.6 Å². The second kappa shape index (κ2) is 6.67. The van der Waals surface area contributed by atoms with E-state index in [2.05, 4.69) is 4.98 Å². The summed E-state index contributed by atoms with van der Waals surface area (Å²) in [6.07, 6.45) is 0. The van der Waals surface area contributed by atoms with E-state index >= 15 is 0 Å². The van der Waals surface area contributed by atoms with Crippen LogP contribution in [0.15, 0.2) is 65.5 Å². The van der Waals surface area contributed by atoms with E-state index in [1.54, 1.807) is 4.57 Å². The molecule has 0 saturated carbocycles. The van der Waals surface area contributed by atoms with E-state index in [0.29, 0.717) is 12.2 Å². The van der Waals surface area contributed by atoms with Gasteiger partial charge in [-0.25, -0.2) is 0 Å². The first-order valence-corrected chi connectivity index (χ1v) is 7.52. The van der Waals surface area contributed by atoms with Gasteiger partial charge >= 0.3 is 5.56 Å². The average Bonchev–Trinajstić information content (AvgIpc) is 2.59. The van der Waals surface area contributed by atoms with E-state index in [9.17, 15) is 4.79 Å². The van der Waals surface area contributed by atoms with Crippen LogP contribution in [0.4, 0.5) is 0 Å². The van der Waals surface area contributed by atoms with E-state index in [1.807, 2.05) is 60.7 Å². The highest BCUT2D eigenvalue weighted by molar-refractivity contribution is 6.31. The number of halogens is 1. The predicted octanol–water partition coefficient (Wildman–Crippen LogP) is 3.62. The highest BCUT2D eigenvalue weighted by atomic mass is 35.5. The zero-order chi connectivity index (χ0) is 16.2. The van der Waals surface area contributed by atoms with E-state index < -0.39 is 0 Å². The van der Waals surface area contributed by atoms with Crippen molar-refractivity contribution in [1.29, 1.82) is 0 Å². The Kier molecular flexibility index (Phi) is 4.44. The maximum Gasteiger partial charge on any atom is 0.314 e.